The van der Waals surface area contributed by atoms with Crippen molar-refractivity contribution in [2.24, 2.45) is 0 Å². The van der Waals surface area contributed by atoms with Crippen molar-refractivity contribution >= 4 is 26.5 Å². The van der Waals surface area contributed by atoms with Crippen LogP contribution in [0.5, 0.6) is 0 Å². The van der Waals surface area contributed by atoms with Gasteiger partial charge in [0, 0.05) is 19.5 Å². The Labute approximate surface area is 171 Å². The van der Waals surface area contributed by atoms with Gasteiger partial charge in [0.05, 0.1) is 0 Å². The zero-order valence-electron chi connectivity index (χ0n) is 16.5. The van der Waals surface area contributed by atoms with E-state index in [-0.39, 0.29) is 35.3 Å². The van der Waals surface area contributed by atoms with Crippen LogP contribution in [0.4, 0.5) is 0 Å². The first-order valence-corrected chi connectivity index (χ1v) is 13.4. The molecule has 0 amide bonds. The summed E-state index contributed by atoms with van der Waals surface area (Å²) in [5.74, 6) is 0. The van der Waals surface area contributed by atoms with Gasteiger partial charge in [-0.15, -0.1) is 0 Å². The fourth-order valence-corrected chi connectivity index (χ4v) is 13.1. The van der Waals surface area contributed by atoms with E-state index in [1.165, 1.54) is 51.4 Å². The van der Waals surface area contributed by atoms with E-state index in [9.17, 15) is 0 Å². The van der Waals surface area contributed by atoms with Crippen LogP contribution in [0.3, 0.4) is 0 Å². The second kappa shape index (κ2) is 10.3. The summed E-state index contributed by atoms with van der Waals surface area (Å²) in [6.45, 7) is 9.74. The van der Waals surface area contributed by atoms with Gasteiger partial charge in [0.15, 0.2) is 0 Å². The molecule has 25 heavy (non-hydrogen) atoms. The third-order valence-corrected chi connectivity index (χ3v) is 14.3. The van der Waals surface area contributed by atoms with E-state index in [1.807, 2.05) is 10.6 Å². The Morgan fingerprint density at radius 3 is 1.16 bits per heavy atom. The van der Waals surface area contributed by atoms with Crippen molar-refractivity contribution in [3.05, 3.63) is 24.3 Å². The molecule has 2 aliphatic heterocycles. The van der Waals surface area contributed by atoms with Crippen LogP contribution in [-0.2, 0) is 19.5 Å². The maximum atomic E-state index is 2.55. The summed E-state index contributed by atoms with van der Waals surface area (Å²) in [5.41, 5.74) is 3.96. The van der Waals surface area contributed by atoms with E-state index in [0.717, 1.165) is 22.6 Å². The predicted molar refractivity (Wildman–Crippen MR) is 114 cm³/mol. The normalized spacial score (nSPS) is 30.6. The van der Waals surface area contributed by atoms with E-state index in [1.54, 1.807) is 0 Å². The van der Waals surface area contributed by atoms with Gasteiger partial charge in [-0.2, -0.15) is 0 Å². The number of hydrogen-bond donors (Lipinski definition) is 0. The molecule has 0 unspecified atom stereocenters. The molecule has 3 rings (SSSR count). The monoisotopic (exact) mass is 465 g/mol. The first-order valence-electron chi connectivity index (χ1n) is 10.4. The van der Waals surface area contributed by atoms with Crippen LogP contribution in [0, 0.1) is 0 Å². The summed E-state index contributed by atoms with van der Waals surface area (Å²) < 4.78 is 0. The predicted octanol–water partition coefficient (Wildman–Crippen LogP) is 6.60. The van der Waals surface area contributed by atoms with Gasteiger partial charge in [0.25, 0.3) is 0 Å². The van der Waals surface area contributed by atoms with Crippen molar-refractivity contribution in [2.75, 3.05) is 0 Å². The summed E-state index contributed by atoms with van der Waals surface area (Å²) in [5, 5.41) is 3.68. The topological polar surface area (TPSA) is 0 Å². The van der Waals surface area contributed by atoms with Crippen LogP contribution in [0.15, 0.2) is 24.3 Å². The Hall–Kier alpha value is 0.703. The molecule has 1 aromatic carbocycles. The first-order chi connectivity index (χ1) is 11.7. The Balaban J connectivity index is 0.00000225. The smallest absolute Gasteiger partial charge is 0 e. The summed E-state index contributed by atoms with van der Waals surface area (Å²) in [4.78, 5) is 0. The molecule has 3 heteroatoms. The van der Waals surface area contributed by atoms with Gasteiger partial charge < -0.3 is 0 Å². The minimum absolute atomic E-state index is 0. The molecule has 0 saturated carbocycles. The minimum atomic E-state index is 0. The summed E-state index contributed by atoms with van der Waals surface area (Å²) >= 11 is 0. The van der Waals surface area contributed by atoms with Gasteiger partial charge in [-0.3, -0.25) is 0 Å². The van der Waals surface area contributed by atoms with Gasteiger partial charge in [-0.25, -0.2) is 0 Å². The van der Waals surface area contributed by atoms with Crippen LogP contribution in [-0.4, -0.2) is 22.6 Å². The molecule has 0 aliphatic carbocycles. The third kappa shape index (κ3) is 4.42. The molecule has 143 valence electrons. The van der Waals surface area contributed by atoms with Crippen LogP contribution in [0.2, 0.25) is 0 Å². The number of rotatable bonds is 6. The summed E-state index contributed by atoms with van der Waals surface area (Å²) in [6.07, 6.45) is 11.5. The van der Waals surface area contributed by atoms with Crippen molar-refractivity contribution in [1.82, 2.24) is 0 Å². The van der Waals surface area contributed by atoms with Crippen LogP contribution in [0.25, 0.3) is 0 Å². The average molecular weight is 465 g/mol. The fourth-order valence-electron chi connectivity index (χ4n) is 5.21. The van der Waals surface area contributed by atoms with Crippen molar-refractivity contribution < 1.29 is 19.5 Å². The third-order valence-electron chi connectivity index (χ3n) is 6.56. The molecular formula is C22H36P2Rh. The van der Waals surface area contributed by atoms with Gasteiger partial charge in [0.1, 0.15) is 0 Å². The average Bonchev–Trinajstić information content (AvgIpc) is 3.24. The molecule has 2 saturated heterocycles. The molecular weight excluding hydrogens is 429 g/mol. The second-order valence-electron chi connectivity index (χ2n) is 7.71. The van der Waals surface area contributed by atoms with Crippen molar-refractivity contribution in [2.45, 2.75) is 102 Å². The molecule has 4 atom stereocenters. The van der Waals surface area contributed by atoms with E-state index < -0.39 is 0 Å². The minimum Gasteiger partial charge on any atom is -0.0683 e. The summed E-state index contributed by atoms with van der Waals surface area (Å²) in [6, 6.07) is 9.79. The first kappa shape index (κ1) is 22.0. The maximum absolute atomic E-state index is 2.55. The van der Waals surface area contributed by atoms with Crippen LogP contribution in [0.1, 0.15) is 79.1 Å². The van der Waals surface area contributed by atoms with E-state index in [4.69, 9.17) is 0 Å². The van der Waals surface area contributed by atoms with Crippen molar-refractivity contribution in [1.29, 1.82) is 0 Å². The van der Waals surface area contributed by atoms with Gasteiger partial charge in [-0.1, -0.05) is 67.8 Å². The molecule has 1 radical (unpaired) electrons. The zero-order chi connectivity index (χ0) is 17.1. The fraction of sp³-hybridized carbons (Fsp3) is 0.727. The summed E-state index contributed by atoms with van der Waals surface area (Å²) in [7, 11) is 0.128. The number of benzene rings is 1. The van der Waals surface area contributed by atoms with Crippen LogP contribution >= 0.6 is 15.8 Å². The molecule has 0 bridgehead atoms. The van der Waals surface area contributed by atoms with E-state index in [0.29, 0.717) is 0 Å². The number of hydrogen-bond acceptors (Lipinski definition) is 0. The molecule has 2 heterocycles. The Morgan fingerprint density at radius 2 is 0.920 bits per heavy atom. The zero-order valence-corrected chi connectivity index (χ0v) is 19.9. The Kier molecular flexibility index (Phi) is 9.07. The molecule has 0 nitrogen and oxygen atoms in total. The van der Waals surface area contributed by atoms with Gasteiger partial charge in [-0.05, 0) is 84.6 Å². The molecule has 1 aromatic rings. The van der Waals surface area contributed by atoms with E-state index >= 15 is 0 Å². The SMILES string of the molecule is CC[C@@H]1CC[C@@H](CC)P1c1ccccc1P1[C@H](CC)CC[C@H]1CC.[Rh]. The van der Waals surface area contributed by atoms with Crippen molar-refractivity contribution in [3.8, 4) is 0 Å². The molecule has 2 fully saturated rings. The molecule has 0 aromatic heterocycles. The standard InChI is InChI=1S/C22H36P2.Rh/c1-5-17-13-14-18(6-2)23(17)21-11-9-10-12-22(21)24-19(7-3)15-16-20(24)8-4;/h9-12,17-20H,5-8,13-16H2,1-4H3;/t17-,18-,19-,20-;/m1./s1. The van der Waals surface area contributed by atoms with E-state index in [2.05, 4.69) is 52.0 Å². The van der Waals surface area contributed by atoms with Crippen molar-refractivity contribution in [3.63, 3.8) is 0 Å². The molecule has 0 N–H and O–H groups in total. The molecule has 2 aliphatic rings. The maximum Gasteiger partial charge on any atom is 0 e. The van der Waals surface area contributed by atoms with Gasteiger partial charge >= 0.3 is 0 Å². The largest absolute Gasteiger partial charge is 0.0683 e. The quantitative estimate of drug-likeness (QED) is 0.328. The molecule has 0 spiro atoms. The second-order valence-corrected chi connectivity index (χ2v) is 13.2. The van der Waals surface area contributed by atoms with Crippen LogP contribution < -0.4 is 10.6 Å². The Morgan fingerprint density at radius 1 is 0.640 bits per heavy atom. The van der Waals surface area contributed by atoms with Gasteiger partial charge in [0.2, 0.25) is 0 Å². The Bertz CT molecular complexity index is 462.